The van der Waals surface area contributed by atoms with Gasteiger partial charge in [-0.3, -0.25) is 4.79 Å². The van der Waals surface area contributed by atoms with Crippen LogP contribution < -0.4 is 5.32 Å². The second-order valence-corrected chi connectivity index (χ2v) is 9.26. The summed E-state index contributed by atoms with van der Waals surface area (Å²) >= 11 is 0. The van der Waals surface area contributed by atoms with E-state index in [9.17, 15) is 13.2 Å². The number of sulfonamides is 1. The maximum absolute atomic E-state index is 11.7. The molecule has 1 aromatic heterocycles. The van der Waals surface area contributed by atoms with E-state index in [1.54, 1.807) is 0 Å². The van der Waals surface area contributed by atoms with Gasteiger partial charge in [-0.25, -0.2) is 8.42 Å². The number of nitrogens with one attached hydrogen (secondary N) is 2. The van der Waals surface area contributed by atoms with Crippen molar-refractivity contribution in [1.29, 1.82) is 0 Å². The molecular weight excluding hydrogens is 386 g/mol. The lowest BCUT2D eigenvalue weighted by atomic mass is 9.99. The van der Waals surface area contributed by atoms with Crippen molar-refractivity contribution in [3.8, 4) is 11.1 Å². The Morgan fingerprint density at radius 3 is 2.55 bits per heavy atom. The Labute approximate surface area is 170 Å². The van der Waals surface area contributed by atoms with Crippen LogP contribution in [0.2, 0.25) is 0 Å². The zero-order valence-electron chi connectivity index (χ0n) is 16.4. The molecule has 0 saturated carbocycles. The van der Waals surface area contributed by atoms with E-state index in [1.165, 1.54) is 17.5 Å². The Bertz CT molecular complexity index is 1230. The standard InChI is InChI=1S/C22H23N3O3S/c1-15(26)23-20-8-4-3-6-18(20)17-7-5-9-21-19(17)14-22(24-21)16-10-12-25(13-11-16)29(2,27)28/h3-10,14,24H,11-13H2,1-2H3,(H,23,26). The molecule has 2 N–H and O–H groups in total. The van der Waals surface area contributed by atoms with Crippen molar-refractivity contribution in [3.05, 3.63) is 60.3 Å². The van der Waals surface area contributed by atoms with Gasteiger partial charge in [-0.2, -0.15) is 4.31 Å². The summed E-state index contributed by atoms with van der Waals surface area (Å²) < 4.78 is 25.0. The monoisotopic (exact) mass is 409 g/mol. The van der Waals surface area contributed by atoms with Crippen LogP contribution in [0.15, 0.2) is 54.6 Å². The number of aromatic nitrogens is 1. The van der Waals surface area contributed by atoms with Crippen LogP contribution in [0.4, 0.5) is 5.69 Å². The van der Waals surface area contributed by atoms with Gasteiger partial charge in [-0.15, -0.1) is 0 Å². The first-order valence-corrected chi connectivity index (χ1v) is 11.3. The van der Waals surface area contributed by atoms with Gasteiger partial charge >= 0.3 is 0 Å². The first-order valence-electron chi connectivity index (χ1n) is 9.46. The van der Waals surface area contributed by atoms with E-state index in [-0.39, 0.29) is 5.91 Å². The highest BCUT2D eigenvalue weighted by atomic mass is 32.2. The number of aromatic amines is 1. The minimum absolute atomic E-state index is 0.109. The predicted octanol–water partition coefficient (Wildman–Crippen LogP) is 3.84. The SMILES string of the molecule is CC(=O)Nc1ccccc1-c1cccc2[nH]c(C3=CCN(S(C)(=O)=O)CC3)cc12. The maximum atomic E-state index is 11.7. The average molecular weight is 410 g/mol. The molecule has 3 aromatic rings. The second-order valence-electron chi connectivity index (χ2n) is 7.28. The van der Waals surface area contributed by atoms with Crippen LogP contribution in [0.25, 0.3) is 27.6 Å². The molecule has 4 rings (SSSR count). The van der Waals surface area contributed by atoms with E-state index >= 15 is 0 Å². The van der Waals surface area contributed by atoms with Crippen LogP contribution >= 0.6 is 0 Å². The Hall–Kier alpha value is -2.90. The summed E-state index contributed by atoms with van der Waals surface area (Å²) in [6.07, 6.45) is 3.88. The van der Waals surface area contributed by atoms with Gasteiger partial charge in [0.05, 0.1) is 6.26 Å². The van der Waals surface area contributed by atoms with Gasteiger partial charge in [0.25, 0.3) is 0 Å². The van der Waals surface area contributed by atoms with Gasteiger partial charge < -0.3 is 10.3 Å². The Morgan fingerprint density at radius 2 is 1.86 bits per heavy atom. The van der Waals surface area contributed by atoms with Crippen LogP contribution in [0.5, 0.6) is 0 Å². The smallest absolute Gasteiger partial charge is 0.221 e. The van der Waals surface area contributed by atoms with Crippen molar-refractivity contribution < 1.29 is 13.2 Å². The number of carbonyl (C=O) groups excluding carboxylic acids is 1. The highest BCUT2D eigenvalue weighted by Gasteiger charge is 2.21. The third-order valence-corrected chi connectivity index (χ3v) is 6.45. The van der Waals surface area contributed by atoms with Crippen LogP contribution in [-0.4, -0.2) is 43.0 Å². The number of fused-ring (bicyclic) bond motifs is 1. The zero-order chi connectivity index (χ0) is 20.6. The topological polar surface area (TPSA) is 82.3 Å². The molecule has 1 aliphatic rings. The molecule has 0 radical (unpaired) electrons. The third kappa shape index (κ3) is 3.97. The van der Waals surface area contributed by atoms with Gasteiger partial charge in [-0.05, 0) is 35.8 Å². The molecule has 2 heterocycles. The van der Waals surface area contributed by atoms with E-state index in [4.69, 9.17) is 0 Å². The highest BCUT2D eigenvalue weighted by Crippen LogP contribution is 2.36. The van der Waals surface area contributed by atoms with Crippen molar-refractivity contribution >= 4 is 38.1 Å². The number of nitrogens with zero attached hydrogens (tertiary/aromatic N) is 1. The first-order chi connectivity index (χ1) is 13.8. The molecular formula is C22H23N3O3S. The summed E-state index contributed by atoms with van der Waals surface area (Å²) in [6.45, 7) is 2.38. The summed E-state index contributed by atoms with van der Waals surface area (Å²) in [5.41, 5.74) is 5.88. The van der Waals surface area contributed by atoms with E-state index < -0.39 is 10.0 Å². The second kappa shape index (κ2) is 7.50. The van der Waals surface area contributed by atoms with Crippen molar-refractivity contribution in [2.24, 2.45) is 0 Å². The zero-order valence-corrected chi connectivity index (χ0v) is 17.2. The van der Waals surface area contributed by atoms with Crippen LogP contribution in [0, 0.1) is 0 Å². The van der Waals surface area contributed by atoms with Crippen molar-refractivity contribution in [3.63, 3.8) is 0 Å². The lowest BCUT2D eigenvalue weighted by molar-refractivity contribution is -0.114. The number of benzene rings is 2. The molecule has 0 spiro atoms. The van der Waals surface area contributed by atoms with Crippen molar-refractivity contribution in [1.82, 2.24) is 9.29 Å². The number of hydrogen-bond acceptors (Lipinski definition) is 3. The largest absolute Gasteiger partial charge is 0.355 e. The van der Waals surface area contributed by atoms with E-state index in [1.807, 2.05) is 48.5 Å². The molecule has 0 atom stereocenters. The lowest BCUT2D eigenvalue weighted by Crippen LogP contribution is -2.33. The summed E-state index contributed by atoms with van der Waals surface area (Å²) in [5, 5.41) is 3.96. The van der Waals surface area contributed by atoms with E-state index in [0.29, 0.717) is 19.5 Å². The van der Waals surface area contributed by atoms with Crippen LogP contribution in [-0.2, 0) is 14.8 Å². The fourth-order valence-corrected chi connectivity index (χ4v) is 4.54. The summed E-state index contributed by atoms with van der Waals surface area (Å²) in [5.74, 6) is -0.109. The lowest BCUT2D eigenvalue weighted by Gasteiger charge is -2.23. The molecule has 0 unspecified atom stereocenters. The number of rotatable bonds is 4. The van der Waals surface area contributed by atoms with Gasteiger partial charge in [-0.1, -0.05) is 36.4 Å². The quantitative estimate of drug-likeness (QED) is 0.687. The average Bonchev–Trinajstić information content (AvgIpc) is 3.12. The number of carbonyl (C=O) groups is 1. The predicted molar refractivity (Wildman–Crippen MR) is 117 cm³/mol. The van der Waals surface area contributed by atoms with Crippen molar-refractivity contribution in [2.45, 2.75) is 13.3 Å². The Morgan fingerprint density at radius 1 is 1.10 bits per heavy atom. The number of anilines is 1. The molecule has 2 aromatic carbocycles. The van der Waals surface area contributed by atoms with Crippen molar-refractivity contribution in [2.75, 3.05) is 24.7 Å². The summed E-state index contributed by atoms with van der Waals surface area (Å²) in [6, 6.07) is 15.9. The van der Waals surface area contributed by atoms with Gasteiger partial charge in [0.15, 0.2) is 0 Å². The maximum Gasteiger partial charge on any atom is 0.221 e. The Kier molecular flexibility index (Phi) is 5.02. The number of H-pyrrole nitrogens is 1. The van der Waals surface area contributed by atoms with Crippen LogP contribution in [0.1, 0.15) is 19.0 Å². The molecule has 1 amide bonds. The summed E-state index contributed by atoms with van der Waals surface area (Å²) in [4.78, 5) is 15.1. The molecule has 29 heavy (non-hydrogen) atoms. The molecule has 0 aliphatic carbocycles. The minimum Gasteiger partial charge on any atom is -0.355 e. The first kappa shape index (κ1) is 19.4. The molecule has 1 aliphatic heterocycles. The normalized spacial score (nSPS) is 15.3. The number of hydrogen-bond donors (Lipinski definition) is 2. The van der Waals surface area contributed by atoms with Gasteiger partial charge in [0, 0.05) is 47.9 Å². The fraction of sp³-hybridized carbons (Fsp3) is 0.227. The molecule has 7 heteroatoms. The van der Waals surface area contributed by atoms with Gasteiger partial charge in [0.1, 0.15) is 0 Å². The molecule has 6 nitrogen and oxygen atoms in total. The molecule has 0 bridgehead atoms. The number of amides is 1. The fourth-order valence-electron chi connectivity index (χ4n) is 3.78. The molecule has 0 fully saturated rings. The Balaban J connectivity index is 1.75. The molecule has 0 saturated heterocycles. The third-order valence-electron chi connectivity index (χ3n) is 5.18. The number of para-hydroxylation sites is 1. The minimum atomic E-state index is -3.17. The molecule has 150 valence electrons. The van der Waals surface area contributed by atoms with E-state index in [0.717, 1.165) is 39.0 Å². The highest BCUT2D eigenvalue weighted by molar-refractivity contribution is 7.88. The van der Waals surface area contributed by atoms with Gasteiger partial charge in [0.2, 0.25) is 15.9 Å². The summed E-state index contributed by atoms with van der Waals surface area (Å²) in [7, 11) is -3.17. The van der Waals surface area contributed by atoms with Crippen LogP contribution in [0.3, 0.4) is 0 Å². The van der Waals surface area contributed by atoms with E-state index in [2.05, 4.69) is 16.4 Å².